The highest BCUT2D eigenvalue weighted by molar-refractivity contribution is 14.0. The summed E-state index contributed by atoms with van der Waals surface area (Å²) in [5.41, 5.74) is 3.65. The summed E-state index contributed by atoms with van der Waals surface area (Å²) in [5, 5.41) is 6.73. The van der Waals surface area contributed by atoms with Gasteiger partial charge in [-0.15, -0.1) is 24.0 Å². The van der Waals surface area contributed by atoms with Crippen LogP contribution in [0.25, 0.3) is 0 Å². The highest BCUT2D eigenvalue weighted by Gasteiger charge is 2.07. The lowest BCUT2D eigenvalue weighted by atomic mass is 9.99. The Balaban J connectivity index is 0.00000420. The molecule has 0 spiro atoms. The molecular weight excluding hydrogens is 479 g/mol. The average molecular weight is 512 g/mol. The zero-order valence-electron chi connectivity index (χ0n) is 17.8. The number of benzene rings is 1. The van der Waals surface area contributed by atoms with Crippen molar-refractivity contribution in [1.29, 1.82) is 0 Å². The van der Waals surface area contributed by atoms with E-state index in [2.05, 4.69) is 65.6 Å². The fourth-order valence-electron chi connectivity index (χ4n) is 2.68. The molecule has 1 aromatic carbocycles. The molecule has 0 saturated heterocycles. The Kier molecular flexibility index (Phi) is 12.3. The van der Waals surface area contributed by atoms with Gasteiger partial charge in [-0.25, -0.2) is 9.98 Å². The number of hydrogen-bond acceptors (Lipinski definition) is 4. The standard InChI is InChI=1S/C22H32N4O2.HI/c1-5-23-22(25-14-18(3)20-8-6-7-17(2)13-20)26-16-19-9-10-21(24-15-19)28-12-11-27-4;/h6-10,13,15,18H,5,11-12,14,16H2,1-4H3,(H2,23,25,26);1H. The van der Waals surface area contributed by atoms with Crippen molar-refractivity contribution >= 4 is 29.9 Å². The molecule has 2 rings (SSSR count). The number of nitrogens with zero attached hydrogens (tertiary/aromatic N) is 2. The van der Waals surface area contributed by atoms with Gasteiger partial charge in [0.05, 0.1) is 13.2 Å². The summed E-state index contributed by atoms with van der Waals surface area (Å²) in [6.07, 6.45) is 1.80. The Morgan fingerprint density at radius 1 is 1.17 bits per heavy atom. The van der Waals surface area contributed by atoms with Gasteiger partial charge in [-0.2, -0.15) is 0 Å². The van der Waals surface area contributed by atoms with E-state index < -0.39 is 0 Å². The minimum atomic E-state index is 0. The number of aromatic nitrogens is 1. The Bertz CT molecular complexity index is 738. The van der Waals surface area contributed by atoms with Gasteiger partial charge in [0.15, 0.2) is 5.96 Å². The van der Waals surface area contributed by atoms with Crippen molar-refractivity contribution in [2.24, 2.45) is 4.99 Å². The number of ether oxygens (including phenoxy) is 2. The maximum atomic E-state index is 5.48. The van der Waals surface area contributed by atoms with Crippen LogP contribution in [-0.4, -0.2) is 44.4 Å². The van der Waals surface area contributed by atoms with Crippen molar-refractivity contribution in [1.82, 2.24) is 15.6 Å². The SMILES string of the molecule is CCNC(=NCc1ccc(OCCOC)nc1)NCC(C)c1cccc(C)c1.I. The monoisotopic (exact) mass is 512 g/mol. The Morgan fingerprint density at radius 2 is 2.00 bits per heavy atom. The van der Waals surface area contributed by atoms with Gasteiger partial charge in [0.2, 0.25) is 5.88 Å². The molecule has 2 aromatic rings. The molecule has 1 aromatic heterocycles. The second-order valence-electron chi connectivity index (χ2n) is 6.74. The van der Waals surface area contributed by atoms with Crippen molar-refractivity contribution in [3.8, 4) is 5.88 Å². The quantitative estimate of drug-likeness (QED) is 0.219. The Hall–Kier alpha value is -1.87. The third kappa shape index (κ3) is 9.45. The van der Waals surface area contributed by atoms with Gasteiger partial charge in [0, 0.05) is 32.5 Å². The smallest absolute Gasteiger partial charge is 0.213 e. The number of guanidine groups is 1. The molecular formula is C22H33IN4O2. The molecule has 0 aliphatic rings. The third-order valence-electron chi connectivity index (χ3n) is 4.29. The first-order valence-corrected chi connectivity index (χ1v) is 9.77. The predicted molar refractivity (Wildman–Crippen MR) is 129 cm³/mol. The number of aryl methyl sites for hydroxylation is 1. The first-order valence-electron chi connectivity index (χ1n) is 9.77. The summed E-state index contributed by atoms with van der Waals surface area (Å²) in [4.78, 5) is 8.97. The number of halogens is 1. The lowest BCUT2D eigenvalue weighted by Crippen LogP contribution is -2.39. The normalized spacial score (nSPS) is 12.1. The van der Waals surface area contributed by atoms with Crippen molar-refractivity contribution in [3.63, 3.8) is 0 Å². The van der Waals surface area contributed by atoms with E-state index in [9.17, 15) is 0 Å². The van der Waals surface area contributed by atoms with Crippen LogP contribution in [0.1, 0.15) is 36.5 Å². The minimum absolute atomic E-state index is 0. The third-order valence-corrected chi connectivity index (χ3v) is 4.29. The molecule has 1 unspecified atom stereocenters. The topological polar surface area (TPSA) is 67.8 Å². The first-order chi connectivity index (χ1) is 13.6. The molecule has 2 N–H and O–H groups in total. The van der Waals surface area contributed by atoms with Crippen molar-refractivity contribution < 1.29 is 9.47 Å². The highest BCUT2D eigenvalue weighted by atomic mass is 127. The average Bonchev–Trinajstić information content (AvgIpc) is 2.71. The van der Waals surface area contributed by atoms with E-state index >= 15 is 0 Å². The van der Waals surface area contributed by atoms with E-state index in [4.69, 9.17) is 9.47 Å². The fraction of sp³-hybridized carbons (Fsp3) is 0.455. The number of methoxy groups -OCH3 is 1. The van der Waals surface area contributed by atoms with Crippen LogP contribution < -0.4 is 15.4 Å². The molecule has 0 radical (unpaired) electrons. The Morgan fingerprint density at radius 3 is 2.66 bits per heavy atom. The first kappa shape index (κ1) is 25.2. The van der Waals surface area contributed by atoms with Gasteiger partial charge >= 0.3 is 0 Å². The molecule has 0 saturated carbocycles. The molecule has 29 heavy (non-hydrogen) atoms. The van der Waals surface area contributed by atoms with Crippen LogP contribution in [0, 0.1) is 6.92 Å². The molecule has 0 aliphatic heterocycles. The fourth-order valence-corrected chi connectivity index (χ4v) is 2.68. The van der Waals surface area contributed by atoms with Crippen molar-refractivity contribution in [3.05, 3.63) is 59.3 Å². The van der Waals surface area contributed by atoms with Gasteiger partial charge in [0.25, 0.3) is 0 Å². The number of nitrogens with one attached hydrogen (secondary N) is 2. The molecule has 0 bridgehead atoms. The van der Waals surface area contributed by atoms with E-state index in [0.717, 1.165) is 24.6 Å². The lowest BCUT2D eigenvalue weighted by Gasteiger charge is -2.16. The highest BCUT2D eigenvalue weighted by Crippen LogP contribution is 2.15. The van der Waals surface area contributed by atoms with Gasteiger partial charge in [-0.3, -0.25) is 0 Å². The maximum absolute atomic E-state index is 5.48. The van der Waals surface area contributed by atoms with Crippen molar-refractivity contribution in [2.75, 3.05) is 33.4 Å². The van der Waals surface area contributed by atoms with E-state index in [1.165, 1.54) is 11.1 Å². The zero-order chi connectivity index (χ0) is 20.2. The van der Waals surface area contributed by atoms with E-state index in [0.29, 0.717) is 31.6 Å². The van der Waals surface area contributed by atoms with E-state index in [1.54, 1.807) is 13.3 Å². The summed E-state index contributed by atoms with van der Waals surface area (Å²) in [6.45, 7) is 9.64. The molecule has 1 heterocycles. The Labute approximate surface area is 191 Å². The largest absolute Gasteiger partial charge is 0.475 e. The van der Waals surface area contributed by atoms with Gasteiger partial charge in [-0.05, 0) is 30.9 Å². The van der Waals surface area contributed by atoms with Crippen LogP contribution >= 0.6 is 24.0 Å². The number of hydrogen-bond donors (Lipinski definition) is 2. The second-order valence-corrected chi connectivity index (χ2v) is 6.74. The zero-order valence-corrected chi connectivity index (χ0v) is 20.1. The molecule has 6 nitrogen and oxygen atoms in total. The van der Waals surface area contributed by atoms with Crippen LogP contribution in [0.4, 0.5) is 0 Å². The molecule has 1 atom stereocenters. The second kappa shape index (κ2) is 14.2. The van der Waals surface area contributed by atoms with E-state index in [1.807, 2.05) is 12.1 Å². The summed E-state index contributed by atoms with van der Waals surface area (Å²) < 4.78 is 10.4. The summed E-state index contributed by atoms with van der Waals surface area (Å²) in [5.74, 6) is 1.80. The number of rotatable bonds is 10. The maximum Gasteiger partial charge on any atom is 0.213 e. The van der Waals surface area contributed by atoms with Crippen LogP contribution in [0.15, 0.2) is 47.6 Å². The molecule has 0 aliphatic carbocycles. The van der Waals surface area contributed by atoms with E-state index in [-0.39, 0.29) is 24.0 Å². The lowest BCUT2D eigenvalue weighted by molar-refractivity contribution is 0.143. The van der Waals surface area contributed by atoms with Crippen LogP contribution in [-0.2, 0) is 11.3 Å². The molecule has 0 amide bonds. The summed E-state index contributed by atoms with van der Waals surface area (Å²) in [6, 6.07) is 12.5. The number of pyridine rings is 1. The summed E-state index contributed by atoms with van der Waals surface area (Å²) >= 11 is 0. The van der Waals surface area contributed by atoms with Gasteiger partial charge < -0.3 is 20.1 Å². The predicted octanol–water partition coefficient (Wildman–Crippen LogP) is 3.89. The molecule has 160 valence electrons. The van der Waals surface area contributed by atoms with Crippen molar-refractivity contribution in [2.45, 2.75) is 33.2 Å². The van der Waals surface area contributed by atoms with Crippen LogP contribution in [0.2, 0.25) is 0 Å². The minimum Gasteiger partial charge on any atom is -0.475 e. The number of aliphatic imine (C=N–C) groups is 1. The molecule has 0 fully saturated rings. The van der Waals surface area contributed by atoms with Crippen LogP contribution in [0.3, 0.4) is 0 Å². The summed E-state index contributed by atoms with van der Waals surface area (Å²) in [7, 11) is 1.65. The van der Waals surface area contributed by atoms with Crippen LogP contribution in [0.5, 0.6) is 5.88 Å². The molecule has 7 heteroatoms. The van der Waals surface area contributed by atoms with Gasteiger partial charge in [-0.1, -0.05) is 42.8 Å². The van der Waals surface area contributed by atoms with Gasteiger partial charge in [0.1, 0.15) is 6.61 Å².